The molecule has 1 aliphatic rings. The summed E-state index contributed by atoms with van der Waals surface area (Å²) in [6.45, 7) is 1.88. The van der Waals surface area contributed by atoms with Crippen molar-refractivity contribution in [3.8, 4) is 0 Å². The van der Waals surface area contributed by atoms with Crippen LogP contribution >= 0.6 is 11.6 Å². The minimum atomic E-state index is -0.515. The Morgan fingerprint density at radius 1 is 1.14 bits per heavy atom. The average molecular weight is 306 g/mol. The first-order valence-electron chi connectivity index (χ1n) is 6.52. The largest absolute Gasteiger partial charge is 0.423 e. The lowest BCUT2D eigenvalue weighted by Gasteiger charge is -2.15. The quantitative estimate of drug-likeness (QED) is 0.631. The summed E-state index contributed by atoms with van der Waals surface area (Å²) < 4.78 is 5.15. The lowest BCUT2D eigenvalue weighted by Crippen LogP contribution is -2.28. The van der Waals surface area contributed by atoms with E-state index < -0.39 is 5.63 Å². The van der Waals surface area contributed by atoms with E-state index in [1.165, 1.54) is 11.0 Å². The first kappa shape index (κ1) is 13.8. The number of imide groups is 1. The monoisotopic (exact) mass is 305 g/mol. The Labute approximate surface area is 125 Å². The summed E-state index contributed by atoms with van der Waals surface area (Å²) >= 11 is 6.11. The van der Waals surface area contributed by atoms with Crippen LogP contribution in [0, 0.1) is 6.92 Å². The molecule has 5 nitrogen and oxygen atoms in total. The van der Waals surface area contributed by atoms with Gasteiger partial charge in [0, 0.05) is 29.3 Å². The molecule has 1 saturated heterocycles. The number of benzene rings is 1. The van der Waals surface area contributed by atoms with E-state index >= 15 is 0 Å². The molecule has 1 aromatic heterocycles. The SMILES string of the molecule is Cc1cc2oc(=O)cc(CN3C(=O)CCC3=O)c2cc1Cl. The topological polar surface area (TPSA) is 67.6 Å². The summed E-state index contributed by atoms with van der Waals surface area (Å²) in [6, 6.07) is 4.67. The van der Waals surface area contributed by atoms with Crippen molar-refractivity contribution in [3.63, 3.8) is 0 Å². The number of nitrogens with zero attached hydrogens (tertiary/aromatic N) is 1. The molecule has 1 aromatic carbocycles. The van der Waals surface area contributed by atoms with Crippen molar-refractivity contribution in [2.45, 2.75) is 26.3 Å². The van der Waals surface area contributed by atoms with Crippen LogP contribution in [0.4, 0.5) is 0 Å². The highest BCUT2D eigenvalue weighted by molar-refractivity contribution is 6.32. The molecule has 0 atom stereocenters. The third kappa shape index (κ3) is 2.45. The summed E-state index contributed by atoms with van der Waals surface area (Å²) in [7, 11) is 0. The maximum absolute atomic E-state index is 11.7. The smallest absolute Gasteiger partial charge is 0.336 e. The van der Waals surface area contributed by atoms with Gasteiger partial charge in [-0.15, -0.1) is 0 Å². The summed E-state index contributed by atoms with van der Waals surface area (Å²) in [5.41, 5.74) is 1.24. The van der Waals surface area contributed by atoms with E-state index in [1.807, 2.05) is 6.92 Å². The van der Waals surface area contributed by atoms with Gasteiger partial charge in [0.15, 0.2) is 0 Å². The Kier molecular flexibility index (Phi) is 3.29. The normalized spacial score (nSPS) is 15.2. The van der Waals surface area contributed by atoms with Crippen LogP contribution < -0.4 is 5.63 Å². The second-order valence-corrected chi connectivity index (χ2v) is 5.47. The van der Waals surface area contributed by atoms with Gasteiger partial charge in [0.2, 0.25) is 11.8 Å². The summed E-state index contributed by atoms with van der Waals surface area (Å²) in [5, 5.41) is 1.18. The number of rotatable bonds is 2. The second-order valence-electron chi connectivity index (χ2n) is 5.06. The van der Waals surface area contributed by atoms with E-state index in [-0.39, 0.29) is 31.2 Å². The predicted molar refractivity (Wildman–Crippen MR) is 77.0 cm³/mol. The second kappa shape index (κ2) is 5.00. The number of carbonyl (C=O) groups excluding carboxylic acids is 2. The Hall–Kier alpha value is -2.14. The van der Waals surface area contributed by atoms with Gasteiger partial charge in [-0.05, 0) is 30.2 Å². The first-order chi connectivity index (χ1) is 9.95. The van der Waals surface area contributed by atoms with Crippen molar-refractivity contribution >= 4 is 34.4 Å². The number of fused-ring (bicyclic) bond motifs is 1. The maximum atomic E-state index is 11.7. The Balaban J connectivity index is 2.13. The van der Waals surface area contributed by atoms with Crippen LogP contribution in [0.5, 0.6) is 0 Å². The van der Waals surface area contributed by atoms with Crippen LogP contribution in [0.3, 0.4) is 0 Å². The van der Waals surface area contributed by atoms with Crippen molar-refractivity contribution in [2.75, 3.05) is 0 Å². The number of hydrogen-bond donors (Lipinski definition) is 0. The van der Waals surface area contributed by atoms with E-state index in [1.54, 1.807) is 12.1 Å². The molecule has 2 amide bonds. The molecule has 0 N–H and O–H groups in total. The van der Waals surface area contributed by atoms with Crippen LogP contribution in [0.25, 0.3) is 11.0 Å². The third-order valence-corrected chi connectivity index (χ3v) is 4.00. The van der Waals surface area contributed by atoms with Gasteiger partial charge in [0.25, 0.3) is 0 Å². The lowest BCUT2D eigenvalue weighted by atomic mass is 10.1. The molecule has 2 heterocycles. The molecule has 3 rings (SSSR count). The first-order valence-corrected chi connectivity index (χ1v) is 6.89. The van der Waals surface area contributed by atoms with Crippen LogP contribution in [-0.2, 0) is 16.1 Å². The Bertz CT molecular complexity index is 808. The highest BCUT2D eigenvalue weighted by atomic mass is 35.5. The Morgan fingerprint density at radius 3 is 2.48 bits per heavy atom. The van der Waals surface area contributed by atoms with E-state index in [4.69, 9.17) is 16.0 Å². The van der Waals surface area contributed by atoms with E-state index in [0.717, 1.165) is 5.56 Å². The molecule has 0 spiro atoms. The van der Waals surface area contributed by atoms with Crippen molar-refractivity contribution < 1.29 is 14.0 Å². The highest BCUT2D eigenvalue weighted by Gasteiger charge is 2.29. The average Bonchev–Trinajstić information content (AvgIpc) is 2.73. The van der Waals surface area contributed by atoms with Gasteiger partial charge in [0.1, 0.15) is 5.58 Å². The number of likely N-dealkylation sites (tertiary alicyclic amines) is 1. The molecule has 2 aromatic rings. The molecule has 108 valence electrons. The van der Waals surface area contributed by atoms with Gasteiger partial charge < -0.3 is 4.42 Å². The summed E-state index contributed by atoms with van der Waals surface area (Å²) in [6.07, 6.45) is 0.441. The third-order valence-electron chi connectivity index (χ3n) is 3.59. The maximum Gasteiger partial charge on any atom is 0.336 e. The molecular formula is C15H12ClNO4. The van der Waals surface area contributed by atoms with Gasteiger partial charge in [0.05, 0.1) is 6.54 Å². The molecule has 1 aliphatic heterocycles. The van der Waals surface area contributed by atoms with Crippen LogP contribution in [0.15, 0.2) is 27.4 Å². The van der Waals surface area contributed by atoms with E-state index in [2.05, 4.69) is 0 Å². The number of carbonyl (C=O) groups is 2. The van der Waals surface area contributed by atoms with Gasteiger partial charge in [-0.3, -0.25) is 14.5 Å². The van der Waals surface area contributed by atoms with Gasteiger partial charge >= 0.3 is 5.63 Å². The van der Waals surface area contributed by atoms with E-state index in [0.29, 0.717) is 21.6 Å². The number of hydrogen-bond acceptors (Lipinski definition) is 4. The fourth-order valence-electron chi connectivity index (χ4n) is 2.45. The van der Waals surface area contributed by atoms with Gasteiger partial charge in [-0.1, -0.05) is 11.6 Å². The standard InChI is InChI=1S/C15H12ClNO4/c1-8-4-12-10(6-11(8)16)9(5-15(20)21-12)7-17-13(18)2-3-14(17)19/h4-6H,2-3,7H2,1H3. The summed E-state index contributed by atoms with van der Waals surface area (Å²) in [5.74, 6) is -0.445. The molecule has 0 saturated carbocycles. The highest BCUT2D eigenvalue weighted by Crippen LogP contribution is 2.27. The fraction of sp³-hybridized carbons (Fsp3) is 0.267. The molecule has 0 bridgehead atoms. The minimum Gasteiger partial charge on any atom is -0.423 e. The van der Waals surface area contributed by atoms with E-state index in [9.17, 15) is 14.4 Å². The molecule has 0 radical (unpaired) electrons. The zero-order chi connectivity index (χ0) is 15.1. The van der Waals surface area contributed by atoms with Crippen LogP contribution in [0.2, 0.25) is 5.02 Å². The minimum absolute atomic E-state index is 0.0686. The molecule has 0 unspecified atom stereocenters. The molecule has 0 aliphatic carbocycles. The molecule has 21 heavy (non-hydrogen) atoms. The predicted octanol–water partition coefficient (Wildman–Crippen LogP) is 2.40. The number of halogens is 1. The Morgan fingerprint density at radius 2 is 1.81 bits per heavy atom. The number of aryl methyl sites for hydroxylation is 1. The van der Waals surface area contributed by atoms with Crippen LogP contribution in [-0.4, -0.2) is 16.7 Å². The summed E-state index contributed by atoms with van der Waals surface area (Å²) in [4.78, 5) is 36.2. The van der Waals surface area contributed by atoms with Gasteiger partial charge in [-0.25, -0.2) is 4.79 Å². The zero-order valence-electron chi connectivity index (χ0n) is 11.3. The van der Waals surface area contributed by atoms with Crippen molar-refractivity contribution in [1.29, 1.82) is 0 Å². The van der Waals surface area contributed by atoms with Crippen LogP contribution in [0.1, 0.15) is 24.0 Å². The zero-order valence-corrected chi connectivity index (χ0v) is 12.1. The van der Waals surface area contributed by atoms with Crippen molar-refractivity contribution in [1.82, 2.24) is 4.90 Å². The van der Waals surface area contributed by atoms with Crippen molar-refractivity contribution in [3.05, 3.63) is 44.8 Å². The molecule has 6 heteroatoms. The van der Waals surface area contributed by atoms with Gasteiger partial charge in [-0.2, -0.15) is 0 Å². The molecular weight excluding hydrogens is 294 g/mol. The fourth-order valence-corrected chi connectivity index (χ4v) is 2.61. The number of amides is 2. The molecule has 1 fully saturated rings. The lowest BCUT2D eigenvalue weighted by molar-refractivity contribution is -0.139. The van der Waals surface area contributed by atoms with Crippen molar-refractivity contribution in [2.24, 2.45) is 0 Å².